The molecule has 3 rings (SSSR count). The second kappa shape index (κ2) is 8.35. The van der Waals surface area contributed by atoms with Crippen molar-refractivity contribution in [3.8, 4) is 5.75 Å². The number of rotatable bonds is 5. The number of ether oxygens (including phenoxy) is 1. The van der Waals surface area contributed by atoms with E-state index in [-0.39, 0.29) is 17.3 Å². The number of benzene rings is 2. The molecule has 3 aromatic rings. The lowest BCUT2D eigenvalue weighted by molar-refractivity contribution is 0.0988. The molecule has 28 heavy (non-hydrogen) atoms. The van der Waals surface area contributed by atoms with E-state index in [4.69, 9.17) is 4.74 Å². The van der Waals surface area contributed by atoms with E-state index in [9.17, 15) is 9.59 Å². The Morgan fingerprint density at radius 3 is 2.39 bits per heavy atom. The van der Waals surface area contributed by atoms with Gasteiger partial charge in [-0.15, -0.1) is 0 Å². The summed E-state index contributed by atoms with van der Waals surface area (Å²) in [4.78, 5) is 31.1. The van der Waals surface area contributed by atoms with Crippen molar-refractivity contribution in [2.24, 2.45) is 0 Å². The first-order valence-corrected chi connectivity index (χ1v) is 8.75. The quantitative estimate of drug-likeness (QED) is 0.733. The predicted octanol–water partition coefficient (Wildman–Crippen LogP) is 3.93. The van der Waals surface area contributed by atoms with Crippen molar-refractivity contribution < 1.29 is 14.3 Å². The monoisotopic (exact) mass is 375 g/mol. The van der Waals surface area contributed by atoms with Crippen LogP contribution in [0.5, 0.6) is 5.75 Å². The van der Waals surface area contributed by atoms with Crippen molar-refractivity contribution in [2.45, 2.75) is 6.92 Å². The number of anilines is 2. The molecule has 0 saturated heterocycles. The average molecular weight is 375 g/mol. The molecule has 0 spiro atoms. The topological polar surface area (TPSA) is 71.5 Å². The second-order valence-corrected chi connectivity index (χ2v) is 6.27. The maximum absolute atomic E-state index is 12.7. The lowest BCUT2D eigenvalue weighted by Gasteiger charge is -2.17. The molecule has 0 unspecified atom stereocenters. The van der Waals surface area contributed by atoms with Gasteiger partial charge in [-0.2, -0.15) is 0 Å². The zero-order valence-corrected chi connectivity index (χ0v) is 16.0. The van der Waals surface area contributed by atoms with Crippen molar-refractivity contribution in [2.75, 3.05) is 24.4 Å². The lowest BCUT2D eigenvalue weighted by Crippen LogP contribution is -2.27. The fourth-order valence-corrected chi connectivity index (χ4v) is 2.73. The number of methoxy groups -OCH3 is 1. The summed E-state index contributed by atoms with van der Waals surface area (Å²) in [5.41, 5.74) is 2.62. The normalized spacial score (nSPS) is 10.2. The van der Waals surface area contributed by atoms with Crippen LogP contribution in [0.15, 0.2) is 66.7 Å². The molecule has 2 amide bonds. The Bertz CT molecular complexity index is 1000. The summed E-state index contributed by atoms with van der Waals surface area (Å²) in [6, 6.07) is 19.5. The summed E-state index contributed by atoms with van der Waals surface area (Å²) in [6.07, 6.45) is 0. The SMILES string of the molecule is COc1ccc(C)cc1NC(=O)c1cccc(C(=O)N(C)c2ccccc2)n1. The van der Waals surface area contributed by atoms with Crippen molar-refractivity contribution in [3.05, 3.63) is 83.7 Å². The maximum atomic E-state index is 12.7. The van der Waals surface area contributed by atoms with Crippen molar-refractivity contribution in [1.82, 2.24) is 4.98 Å². The number of carbonyl (C=O) groups excluding carboxylic acids is 2. The molecular formula is C22H21N3O3. The molecule has 0 bridgehead atoms. The molecule has 1 heterocycles. The molecule has 0 radical (unpaired) electrons. The maximum Gasteiger partial charge on any atom is 0.276 e. The zero-order valence-electron chi connectivity index (χ0n) is 16.0. The van der Waals surface area contributed by atoms with Gasteiger partial charge in [0, 0.05) is 12.7 Å². The predicted molar refractivity (Wildman–Crippen MR) is 109 cm³/mol. The van der Waals surface area contributed by atoms with Gasteiger partial charge in [-0.05, 0) is 48.9 Å². The third kappa shape index (κ3) is 4.17. The summed E-state index contributed by atoms with van der Waals surface area (Å²) in [5.74, 6) is -0.162. The van der Waals surface area contributed by atoms with Gasteiger partial charge < -0.3 is 15.0 Å². The van der Waals surface area contributed by atoms with Crippen molar-refractivity contribution in [1.29, 1.82) is 0 Å². The minimum absolute atomic E-state index is 0.149. The van der Waals surface area contributed by atoms with Gasteiger partial charge in [-0.1, -0.05) is 30.3 Å². The van der Waals surface area contributed by atoms with E-state index < -0.39 is 5.91 Å². The number of hydrogen-bond donors (Lipinski definition) is 1. The summed E-state index contributed by atoms with van der Waals surface area (Å²) in [5, 5.41) is 2.79. The van der Waals surface area contributed by atoms with Gasteiger partial charge in [-0.25, -0.2) is 4.98 Å². The largest absolute Gasteiger partial charge is 0.495 e. The highest BCUT2D eigenvalue weighted by Gasteiger charge is 2.18. The van der Waals surface area contributed by atoms with E-state index in [0.717, 1.165) is 11.3 Å². The van der Waals surface area contributed by atoms with Crippen LogP contribution in [0.4, 0.5) is 11.4 Å². The van der Waals surface area contributed by atoms with Gasteiger partial charge >= 0.3 is 0 Å². The molecule has 0 aliphatic heterocycles. The Morgan fingerprint density at radius 2 is 1.68 bits per heavy atom. The Kier molecular flexibility index (Phi) is 5.69. The highest BCUT2D eigenvalue weighted by atomic mass is 16.5. The molecule has 0 saturated carbocycles. The Morgan fingerprint density at radius 1 is 0.964 bits per heavy atom. The first-order chi connectivity index (χ1) is 13.5. The molecule has 6 nitrogen and oxygen atoms in total. The van der Waals surface area contributed by atoms with E-state index >= 15 is 0 Å². The van der Waals surface area contributed by atoms with E-state index in [1.54, 1.807) is 31.3 Å². The van der Waals surface area contributed by atoms with Crippen LogP contribution >= 0.6 is 0 Å². The van der Waals surface area contributed by atoms with E-state index in [0.29, 0.717) is 11.4 Å². The Hall–Kier alpha value is -3.67. The van der Waals surface area contributed by atoms with E-state index in [1.807, 2.05) is 49.4 Å². The average Bonchev–Trinajstić information content (AvgIpc) is 2.73. The zero-order chi connectivity index (χ0) is 20.1. The number of hydrogen-bond acceptors (Lipinski definition) is 4. The van der Waals surface area contributed by atoms with E-state index in [2.05, 4.69) is 10.3 Å². The highest BCUT2D eigenvalue weighted by Crippen LogP contribution is 2.25. The number of nitrogens with zero attached hydrogens (tertiary/aromatic N) is 2. The minimum Gasteiger partial charge on any atom is -0.495 e. The molecule has 1 N–H and O–H groups in total. The van der Waals surface area contributed by atoms with Gasteiger partial charge in [0.05, 0.1) is 12.8 Å². The van der Waals surface area contributed by atoms with Crippen LogP contribution in [0, 0.1) is 6.92 Å². The lowest BCUT2D eigenvalue weighted by atomic mass is 10.2. The number of aryl methyl sites for hydroxylation is 1. The van der Waals surface area contributed by atoms with Crippen LogP contribution in [0.2, 0.25) is 0 Å². The minimum atomic E-state index is -0.416. The van der Waals surface area contributed by atoms with E-state index in [1.165, 1.54) is 12.0 Å². The molecule has 0 fully saturated rings. The summed E-state index contributed by atoms with van der Waals surface area (Å²) in [7, 11) is 3.21. The second-order valence-electron chi connectivity index (χ2n) is 6.27. The van der Waals surface area contributed by atoms with Gasteiger partial charge in [-0.3, -0.25) is 9.59 Å². The van der Waals surface area contributed by atoms with Gasteiger partial charge in [0.25, 0.3) is 11.8 Å². The molecule has 2 aromatic carbocycles. The van der Waals surface area contributed by atoms with Crippen LogP contribution in [-0.2, 0) is 0 Å². The third-order valence-corrected chi connectivity index (χ3v) is 4.25. The molecule has 0 atom stereocenters. The summed E-state index contributed by atoms with van der Waals surface area (Å²) in [6.45, 7) is 1.92. The standard InChI is InChI=1S/C22H21N3O3/c1-15-12-13-20(28-3)19(14-15)24-21(26)17-10-7-11-18(23-17)22(27)25(2)16-8-5-4-6-9-16/h4-14H,1-3H3,(H,24,26). The van der Waals surface area contributed by atoms with Crippen molar-refractivity contribution >= 4 is 23.2 Å². The van der Waals surface area contributed by atoms with Crippen LogP contribution in [-0.4, -0.2) is 31.0 Å². The van der Waals surface area contributed by atoms with Crippen molar-refractivity contribution in [3.63, 3.8) is 0 Å². The molecule has 6 heteroatoms. The number of amides is 2. The number of carbonyl (C=O) groups is 2. The Balaban J connectivity index is 1.82. The van der Waals surface area contributed by atoms with Crippen LogP contribution < -0.4 is 15.0 Å². The molecule has 0 aliphatic carbocycles. The smallest absolute Gasteiger partial charge is 0.276 e. The van der Waals surface area contributed by atoms with Crippen LogP contribution in [0.25, 0.3) is 0 Å². The number of nitrogens with one attached hydrogen (secondary N) is 1. The van der Waals surface area contributed by atoms with Gasteiger partial charge in [0.1, 0.15) is 17.1 Å². The number of pyridine rings is 1. The fourth-order valence-electron chi connectivity index (χ4n) is 2.73. The first-order valence-electron chi connectivity index (χ1n) is 8.75. The number of aromatic nitrogens is 1. The van der Waals surface area contributed by atoms with Gasteiger partial charge in [0.15, 0.2) is 0 Å². The molecule has 0 aliphatic rings. The first kappa shape index (κ1) is 19.1. The molecule has 1 aromatic heterocycles. The summed E-state index contributed by atoms with van der Waals surface area (Å²) >= 11 is 0. The highest BCUT2D eigenvalue weighted by molar-refractivity contribution is 6.07. The molecule has 142 valence electrons. The fraction of sp³-hybridized carbons (Fsp3) is 0.136. The van der Waals surface area contributed by atoms with Crippen LogP contribution in [0.3, 0.4) is 0 Å². The molecular weight excluding hydrogens is 354 g/mol. The van der Waals surface area contributed by atoms with Gasteiger partial charge in [0.2, 0.25) is 0 Å². The summed E-state index contributed by atoms with van der Waals surface area (Å²) < 4.78 is 5.28. The number of para-hydroxylation sites is 1. The third-order valence-electron chi connectivity index (χ3n) is 4.25. The Labute approximate surface area is 163 Å². The van der Waals surface area contributed by atoms with Crippen LogP contribution in [0.1, 0.15) is 26.5 Å².